The molecule has 3 aromatic carbocycles. The van der Waals surface area contributed by atoms with E-state index in [1.165, 1.54) is 23.5 Å². The lowest BCUT2D eigenvalue weighted by Crippen LogP contribution is -2.12. The Morgan fingerprint density at radius 2 is 1.90 bits per heavy atom. The number of amides is 1. The van der Waals surface area contributed by atoms with Crippen LogP contribution in [0.1, 0.15) is 16.1 Å². The molecule has 1 aromatic heterocycles. The number of para-hydroxylation sites is 1. The number of carbonyl (C=O) groups is 1. The lowest BCUT2D eigenvalue weighted by Gasteiger charge is -2.07. The maximum Gasteiger partial charge on any atom is 0.275 e. The van der Waals surface area contributed by atoms with Gasteiger partial charge < -0.3 is 10.1 Å². The molecule has 0 bridgehead atoms. The number of ether oxygens (including phenoxy) is 1. The van der Waals surface area contributed by atoms with Crippen LogP contribution in [0.4, 0.5) is 10.1 Å². The van der Waals surface area contributed by atoms with E-state index in [1.807, 2.05) is 24.3 Å². The highest BCUT2D eigenvalue weighted by Crippen LogP contribution is 2.28. The van der Waals surface area contributed by atoms with Gasteiger partial charge in [0.05, 0.1) is 10.7 Å². The predicted octanol–water partition coefficient (Wildman–Crippen LogP) is 6.43. The third kappa shape index (κ3) is 4.84. The lowest BCUT2D eigenvalue weighted by atomic mass is 10.2. The van der Waals surface area contributed by atoms with Crippen LogP contribution in [0.3, 0.4) is 0 Å². The molecule has 7 heteroatoms. The zero-order valence-electron chi connectivity index (χ0n) is 15.6. The summed E-state index contributed by atoms with van der Waals surface area (Å²) in [4.78, 5) is 16.9. The zero-order valence-corrected chi connectivity index (χ0v) is 17.2. The molecule has 0 aliphatic carbocycles. The van der Waals surface area contributed by atoms with Crippen LogP contribution in [0.15, 0.2) is 78.2 Å². The molecule has 150 valence electrons. The van der Waals surface area contributed by atoms with Gasteiger partial charge in [0.25, 0.3) is 5.91 Å². The number of anilines is 1. The van der Waals surface area contributed by atoms with Gasteiger partial charge in [-0.05, 0) is 42.0 Å². The average molecular weight is 439 g/mol. The van der Waals surface area contributed by atoms with Crippen molar-refractivity contribution in [2.45, 2.75) is 6.61 Å². The third-order valence-electron chi connectivity index (χ3n) is 4.23. The van der Waals surface area contributed by atoms with E-state index in [4.69, 9.17) is 16.3 Å². The summed E-state index contributed by atoms with van der Waals surface area (Å²) in [6.07, 6.45) is 0. The van der Waals surface area contributed by atoms with Crippen molar-refractivity contribution in [3.05, 3.63) is 100 Å². The Hall–Kier alpha value is -3.22. The summed E-state index contributed by atoms with van der Waals surface area (Å²) in [7, 11) is 0. The monoisotopic (exact) mass is 438 g/mol. The first-order chi connectivity index (χ1) is 14.6. The summed E-state index contributed by atoms with van der Waals surface area (Å²) >= 11 is 7.45. The summed E-state index contributed by atoms with van der Waals surface area (Å²) in [5.41, 5.74) is 2.41. The molecule has 4 rings (SSSR count). The van der Waals surface area contributed by atoms with Crippen LogP contribution in [-0.2, 0) is 6.61 Å². The highest BCUT2D eigenvalue weighted by Gasteiger charge is 2.14. The van der Waals surface area contributed by atoms with E-state index in [1.54, 1.807) is 41.8 Å². The Kier molecular flexibility index (Phi) is 6.07. The molecular formula is C23H16ClFN2O2S. The molecule has 0 aliphatic heterocycles. The predicted molar refractivity (Wildman–Crippen MR) is 118 cm³/mol. The largest absolute Gasteiger partial charge is 0.489 e. The fraction of sp³-hybridized carbons (Fsp3) is 0.0435. The number of carbonyl (C=O) groups excluding carboxylic acids is 1. The Balaban J connectivity index is 1.46. The summed E-state index contributed by atoms with van der Waals surface area (Å²) in [5, 5.41) is 5.61. The Morgan fingerprint density at radius 3 is 2.73 bits per heavy atom. The lowest BCUT2D eigenvalue weighted by molar-refractivity contribution is 0.102. The van der Waals surface area contributed by atoms with Gasteiger partial charge in [-0.2, -0.15) is 0 Å². The van der Waals surface area contributed by atoms with E-state index in [0.717, 1.165) is 11.1 Å². The van der Waals surface area contributed by atoms with Crippen LogP contribution in [0.5, 0.6) is 5.75 Å². The molecule has 0 radical (unpaired) electrons. The Bertz CT molecular complexity index is 1200. The quantitative estimate of drug-likeness (QED) is 0.377. The van der Waals surface area contributed by atoms with Gasteiger partial charge in [-0.1, -0.05) is 48.0 Å². The number of hydrogen-bond acceptors (Lipinski definition) is 4. The van der Waals surface area contributed by atoms with Crippen molar-refractivity contribution in [3.63, 3.8) is 0 Å². The number of nitrogens with zero attached hydrogens (tertiary/aromatic N) is 1. The van der Waals surface area contributed by atoms with Crippen LogP contribution in [0, 0.1) is 5.82 Å². The van der Waals surface area contributed by atoms with Gasteiger partial charge in [0.1, 0.15) is 28.9 Å². The van der Waals surface area contributed by atoms with Crippen LogP contribution in [-0.4, -0.2) is 10.9 Å². The molecule has 0 spiro atoms. The first kappa shape index (κ1) is 20.1. The first-order valence-corrected chi connectivity index (χ1v) is 10.3. The minimum atomic E-state index is -0.330. The van der Waals surface area contributed by atoms with E-state index in [2.05, 4.69) is 10.3 Å². The summed E-state index contributed by atoms with van der Waals surface area (Å²) in [6.45, 7) is 0.255. The molecule has 1 heterocycles. The van der Waals surface area contributed by atoms with Crippen molar-refractivity contribution in [1.29, 1.82) is 0 Å². The zero-order chi connectivity index (χ0) is 20.9. The number of nitrogens with one attached hydrogen (secondary N) is 1. The molecule has 4 nitrogen and oxygen atoms in total. The number of halogens is 2. The molecule has 0 saturated carbocycles. The normalized spacial score (nSPS) is 10.6. The second-order valence-electron chi connectivity index (χ2n) is 6.42. The third-order valence-corrected chi connectivity index (χ3v) is 5.46. The Morgan fingerprint density at radius 1 is 1.07 bits per heavy atom. The maximum atomic E-state index is 13.3. The fourth-order valence-corrected chi connectivity index (χ4v) is 3.75. The van der Waals surface area contributed by atoms with Crippen LogP contribution < -0.4 is 10.1 Å². The van der Waals surface area contributed by atoms with E-state index in [0.29, 0.717) is 27.2 Å². The van der Waals surface area contributed by atoms with E-state index >= 15 is 0 Å². The number of rotatable bonds is 6. The molecule has 0 unspecified atom stereocenters. The van der Waals surface area contributed by atoms with Gasteiger partial charge in [-0.25, -0.2) is 9.37 Å². The van der Waals surface area contributed by atoms with Crippen molar-refractivity contribution >= 4 is 34.5 Å². The molecule has 1 N–H and O–H groups in total. The summed E-state index contributed by atoms with van der Waals surface area (Å²) in [5.74, 6) is 0.00775. The fourth-order valence-electron chi connectivity index (χ4n) is 2.77. The van der Waals surface area contributed by atoms with E-state index in [-0.39, 0.29) is 18.3 Å². The van der Waals surface area contributed by atoms with Gasteiger partial charge in [0, 0.05) is 10.9 Å². The highest BCUT2D eigenvalue weighted by atomic mass is 35.5. The molecule has 30 heavy (non-hydrogen) atoms. The van der Waals surface area contributed by atoms with Gasteiger partial charge in [0.15, 0.2) is 0 Å². The van der Waals surface area contributed by atoms with Crippen molar-refractivity contribution in [3.8, 4) is 16.3 Å². The standard InChI is InChI=1S/C23H16ClFN2O2S/c24-19-9-1-2-10-20(19)26-22(28)21-14-30-23(27-21)16-6-4-8-18(12-16)29-13-15-5-3-7-17(25)11-15/h1-12,14H,13H2,(H,26,28). The first-order valence-electron chi connectivity index (χ1n) is 9.07. The average Bonchev–Trinajstić information content (AvgIpc) is 3.25. The van der Waals surface area contributed by atoms with Crippen molar-refractivity contribution in [2.75, 3.05) is 5.32 Å². The van der Waals surface area contributed by atoms with E-state index < -0.39 is 0 Å². The number of thiazole rings is 1. The molecule has 0 atom stereocenters. The van der Waals surface area contributed by atoms with Crippen LogP contribution in [0.25, 0.3) is 10.6 Å². The maximum absolute atomic E-state index is 13.3. The topological polar surface area (TPSA) is 51.2 Å². The molecule has 0 fully saturated rings. The minimum Gasteiger partial charge on any atom is -0.489 e. The second kappa shape index (κ2) is 9.07. The molecule has 1 amide bonds. The highest BCUT2D eigenvalue weighted by molar-refractivity contribution is 7.13. The van der Waals surface area contributed by atoms with Gasteiger partial charge in [-0.3, -0.25) is 4.79 Å². The summed E-state index contributed by atoms with van der Waals surface area (Å²) in [6, 6.07) is 20.7. The van der Waals surface area contributed by atoms with Gasteiger partial charge >= 0.3 is 0 Å². The van der Waals surface area contributed by atoms with Crippen molar-refractivity contribution < 1.29 is 13.9 Å². The minimum absolute atomic E-state index is 0.255. The van der Waals surface area contributed by atoms with Crippen LogP contribution >= 0.6 is 22.9 Å². The smallest absolute Gasteiger partial charge is 0.275 e. The molecule has 0 saturated heterocycles. The van der Waals surface area contributed by atoms with Gasteiger partial charge in [-0.15, -0.1) is 11.3 Å². The SMILES string of the molecule is O=C(Nc1ccccc1Cl)c1csc(-c2cccc(OCc3cccc(F)c3)c2)n1. The van der Waals surface area contributed by atoms with Crippen LogP contribution in [0.2, 0.25) is 5.02 Å². The molecule has 0 aliphatic rings. The summed E-state index contributed by atoms with van der Waals surface area (Å²) < 4.78 is 19.1. The molecule has 4 aromatic rings. The Labute approximate surface area is 181 Å². The van der Waals surface area contributed by atoms with Crippen molar-refractivity contribution in [1.82, 2.24) is 4.98 Å². The number of hydrogen-bond donors (Lipinski definition) is 1. The van der Waals surface area contributed by atoms with E-state index in [9.17, 15) is 9.18 Å². The molecular weight excluding hydrogens is 423 g/mol. The number of benzene rings is 3. The number of aromatic nitrogens is 1. The van der Waals surface area contributed by atoms with Gasteiger partial charge in [0.2, 0.25) is 0 Å². The van der Waals surface area contributed by atoms with Crippen molar-refractivity contribution in [2.24, 2.45) is 0 Å². The second-order valence-corrected chi connectivity index (χ2v) is 7.68.